The Labute approximate surface area is 178 Å². The van der Waals surface area contributed by atoms with Crippen LogP contribution in [0.15, 0.2) is 35.3 Å². The first-order chi connectivity index (χ1) is 14.7. The number of anilines is 1. The van der Waals surface area contributed by atoms with E-state index in [1.54, 1.807) is 14.1 Å². The standard InChI is InChI=1S/C20H25FN6O4/c1-10(24-2)16(25-3)15(18(23)30-4)14-8-26-17(22)19(27-14)31-9-11-7-12(21)5-6-13(11)20(28)29/h5-8,10,24H,9,23H2,1-4H3,(H2,22,26)(H,28,29). The Morgan fingerprint density at radius 3 is 2.71 bits per heavy atom. The lowest BCUT2D eigenvalue weighted by Gasteiger charge is -2.19. The topological polar surface area (TPSA) is 158 Å². The van der Waals surface area contributed by atoms with Gasteiger partial charge in [0.2, 0.25) is 0 Å². The summed E-state index contributed by atoms with van der Waals surface area (Å²) in [6.45, 7) is 1.59. The summed E-state index contributed by atoms with van der Waals surface area (Å²) in [5, 5.41) is 12.4. The van der Waals surface area contributed by atoms with Crippen molar-refractivity contribution in [2.75, 3.05) is 26.9 Å². The number of nitrogens with zero attached hydrogens (tertiary/aromatic N) is 3. The van der Waals surface area contributed by atoms with Gasteiger partial charge in [-0.05, 0) is 32.2 Å². The summed E-state index contributed by atoms with van der Waals surface area (Å²) < 4.78 is 24.4. The third kappa shape index (κ3) is 5.45. The van der Waals surface area contributed by atoms with Crippen molar-refractivity contribution >= 4 is 23.1 Å². The zero-order chi connectivity index (χ0) is 23.1. The molecule has 0 bridgehead atoms. The summed E-state index contributed by atoms with van der Waals surface area (Å²) in [7, 11) is 4.77. The molecule has 166 valence electrons. The monoisotopic (exact) mass is 432 g/mol. The molecule has 10 nitrogen and oxygen atoms in total. The average molecular weight is 432 g/mol. The van der Waals surface area contributed by atoms with Gasteiger partial charge in [-0.2, -0.15) is 0 Å². The molecule has 11 heteroatoms. The van der Waals surface area contributed by atoms with Crippen LogP contribution in [0.3, 0.4) is 0 Å². The summed E-state index contributed by atoms with van der Waals surface area (Å²) in [5.41, 5.74) is 13.2. The van der Waals surface area contributed by atoms with Crippen LogP contribution in [0.1, 0.15) is 28.5 Å². The highest BCUT2D eigenvalue weighted by Crippen LogP contribution is 2.25. The van der Waals surface area contributed by atoms with Gasteiger partial charge in [-0.3, -0.25) is 4.99 Å². The van der Waals surface area contributed by atoms with Gasteiger partial charge in [0.15, 0.2) is 11.7 Å². The van der Waals surface area contributed by atoms with Crippen molar-refractivity contribution < 1.29 is 23.8 Å². The van der Waals surface area contributed by atoms with Crippen LogP contribution in [0.2, 0.25) is 0 Å². The number of carboxylic acids is 1. The van der Waals surface area contributed by atoms with E-state index >= 15 is 0 Å². The molecule has 0 saturated carbocycles. The van der Waals surface area contributed by atoms with E-state index in [0.717, 1.165) is 18.2 Å². The Bertz CT molecular complexity index is 1020. The molecule has 1 unspecified atom stereocenters. The number of hydrogen-bond acceptors (Lipinski definition) is 9. The summed E-state index contributed by atoms with van der Waals surface area (Å²) in [6.07, 6.45) is 1.39. The number of halogens is 1. The fourth-order valence-electron chi connectivity index (χ4n) is 2.79. The number of carbonyl (C=O) groups is 1. The minimum absolute atomic E-state index is 0.0379. The van der Waals surface area contributed by atoms with Gasteiger partial charge < -0.3 is 31.4 Å². The van der Waals surface area contributed by atoms with Crippen molar-refractivity contribution in [1.82, 2.24) is 15.3 Å². The lowest BCUT2D eigenvalue weighted by Crippen LogP contribution is -2.33. The molecule has 2 rings (SSSR count). The Morgan fingerprint density at radius 1 is 1.42 bits per heavy atom. The van der Waals surface area contributed by atoms with E-state index in [2.05, 4.69) is 20.3 Å². The Hall–Kier alpha value is -3.73. The maximum absolute atomic E-state index is 13.6. The number of nitrogen functional groups attached to an aromatic ring is 1. The largest absolute Gasteiger partial charge is 0.482 e. The van der Waals surface area contributed by atoms with Crippen molar-refractivity contribution in [3.63, 3.8) is 0 Å². The third-order valence-corrected chi connectivity index (χ3v) is 4.49. The third-order valence-electron chi connectivity index (χ3n) is 4.49. The van der Waals surface area contributed by atoms with E-state index in [1.807, 2.05) is 6.92 Å². The number of aromatic nitrogens is 2. The van der Waals surface area contributed by atoms with Gasteiger partial charge >= 0.3 is 5.97 Å². The number of ether oxygens (including phenoxy) is 2. The molecule has 0 saturated heterocycles. The number of carboxylic acid groups (broad SMARTS) is 1. The summed E-state index contributed by atoms with van der Waals surface area (Å²) >= 11 is 0. The SMILES string of the molecule is CN=C(C(=C(N)OC)c1cnc(N)c(OCc2cc(F)ccc2C(=O)O)n1)C(C)NC. The number of aliphatic imine (C=N–C) groups is 1. The minimum Gasteiger partial charge on any atom is -0.482 e. The quantitative estimate of drug-likeness (QED) is 0.340. The molecule has 2 aromatic rings. The van der Waals surface area contributed by atoms with Gasteiger partial charge in [0.1, 0.15) is 12.4 Å². The zero-order valence-electron chi connectivity index (χ0n) is 17.6. The van der Waals surface area contributed by atoms with E-state index < -0.39 is 11.8 Å². The molecule has 0 amide bonds. The summed E-state index contributed by atoms with van der Waals surface area (Å²) in [5.74, 6) is -1.87. The van der Waals surface area contributed by atoms with E-state index in [-0.39, 0.29) is 47.1 Å². The molecular weight excluding hydrogens is 407 g/mol. The molecule has 0 spiro atoms. The van der Waals surface area contributed by atoms with Crippen LogP contribution in [0, 0.1) is 5.82 Å². The molecule has 31 heavy (non-hydrogen) atoms. The molecule has 1 heterocycles. The number of aromatic carboxylic acids is 1. The molecule has 0 aliphatic carbocycles. The number of nitrogens with one attached hydrogen (secondary N) is 1. The van der Waals surface area contributed by atoms with E-state index in [1.165, 1.54) is 13.3 Å². The fourth-order valence-corrected chi connectivity index (χ4v) is 2.79. The van der Waals surface area contributed by atoms with Gasteiger partial charge in [-0.15, -0.1) is 0 Å². The maximum atomic E-state index is 13.6. The molecule has 6 N–H and O–H groups in total. The lowest BCUT2D eigenvalue weighted by molar-refractivity contribution is 0.0693. The Kier molecular flexibility index (Phi) is 7.86. The van der Waals surface area contributed by atoms with Gasteiger partial charge in [-0.25, -0.2) is 19.2 Å². The highest BCUT2D eigenvalue weighted by atomic mass is 19.1. The summed E-state index contributed by atoms with van der Waals surface area (Å²) in [4.78, 5) is 24.1. The van der Waals surface area contributed by atoms with Crippen LogP contribution in [0.25, 0.3) is 5.57 Å². The minimum atomic E-state index is -1.21. The number of methoxy groups -OCH3 is 1. The smallest absolute Gasteiger partial charge is 0.336 e. The molecule has 0 radical (unpaired) electrons. The van der Waals surface area contributed by atoms with Crippen molar-refractivity contribution in [2.24, 2.45) is 10.7 Å². The molecule has 0 fully saturated rings. The first-order valence-corrected chi connectivity index (χ1v) is 9.18. The van der Waals surface area contributed by atoms with E-state index in [0.29, 0.717) is 11.3 Å². The van der Waals surface area contributed by atoms with Crippen molar-refractivity contribution in [2.45, 2.75) is 19.6 Å². The Morgan fingerprint density at radius 2 is 2.13 bits per heavy atom. The number of hydrogen-bond donors (Lipinski definition) is 4. The highest BCUT2D eigenvalue weighted by Gasteiger charge is 2.23. The van der Waals surface area contributed by atoms with E-state index in [4.69, 9.17) is 20.9 Å². The normalized spacial score (nSPS) is 13.4. The average Bonchev–Trinajstić information content (AvgIpc) is 2.75. The van der Waals surface area contributed by atoms with Crippen LogP contribution < -0.4 is 21.5 Å². The second-order valence-corrected chi connectivity index (χ2v) is 6.40. The predicted molar refractivity (Wildman–Crippen MR) is 114 cm³/mol. The van der Waals surface area contributed by atoms with Crippen LogP contribution in [-0.4, -0.2) is 54.0 Å². The highest BCUT2D eigenvalue weighted by molar-refractivity contribution is 6.26. The van der Waals surface area contributed by atoms with Gasteiger partial charge in [0.25, 0.3) is 5.88 Å². The molecule has 1 aromatic heterocycles. The first kappa shape index (κ1) is 23.5. The van der Waals surface area contributed by atoms with Crippen LogP contribution in [0.4, 0.5) is 10.2 Å². The first-order valence-electron chi connectivity index (χ1n) is 9.18. The predicted octanol–water partition coefficient (Wildman–Crippen LogP) is 1.43. The molecular formula is C20H25FN6O4. The molecule has 0 aliphatic rings. The summed E-state index contributed by atoms with van der Waals surface area (Å²) in [6, 6.07) is 3.09. The second-order valence-electron chi connectivity index (χ2n) is 6.40. The van der Waals surface area contributed by atoms with Crippen LogP contribution in [-0.2, 0) is 11.3 Å². The molecule has 0 aliphatic heterocycles. The fraction of sp³-hybridized carbons (Fsp3) is 0.300. The number of rotatable bonds is 9. The van der Waals surface area contributed by atoms with E-state index in [9.17, 15) is 14.3 Å². The molecule has 1 aromatic carbocycles. The zero-order valence-corrected chi connectivity index (χ0v) is 17.6. The van der Waals surface area contributed by atoms with Crippen LogP contribution >= 0.6 is 0 Å². The van der Waals surface area contributed by atoms with Gasteiger partial charge in [0.05, 0.1) is 35.8 Å². The number of nitrogens with two attached hydrogens (primary N) is 2. The van der Waals surface area contributed by atoms with Crippen molar-refractivity contribution in [3.8, 4) is 5.88 Å². The van der Waals surface area contributed by atoms with Gasteiger partial charge in [-0.1, -0.05) is 0 Å². The van der Waals surface area contributed by atoms with Crippen molar-refractivity contribution in [3.05, 3.63) is 52.9 Å². The number of benzene rings is 1. The Balaban J connectivity index is 2.46. The van der Waals surface area contributed by atoms with Crippen molar-refractivity contribution in [1.29, 1.82) is 0 Å². The van der Waals surface area contributed by atoms with Crippen LogP contribution in [0.5, 0.6) is 5.88 Å². The second kappa shape index (κ2) is 10.3. The van der Waals surface area contributed by atoms with Gasteiger partial charge in [0, 0.05) is 18.7 Å². The lowest BCUT2D eigenvalue weighted by atomic mass is 10.0. The maximum Gasteiger partial charge on any atom is 0.336 e. The molecule has 1 atom stereocenters.